The molecule has 104 valence electrons. The van der Waals surface area contributed by atoms with Crippen molar-refractivity contribution in [2.45, 2.75) is 13.3 Å². The maximum atomic E-state index is 12.3. The first-order valence-electron chi connectivity index (χ1n) is 6.48. The number of rotatable bonds is 4. The molecule has 0 radical (unpaired) electrons. The van der Waals surface area contributed by atoms with Crippen LogP contribution in [0.15, 0.2) is 42.5 Å². The third-order valence-corrected chi connectivity index (χ3v) is 3.13. The van der Waals surface area contributed by atoms with Crippen LogP contribution < -0.4 is 15.8 Å². The van der Waals surface area contributed by atoms with Crippen LogP contribution in [-0.2, 0) is 6.42 Å². The van der Waals surface area contributed by atoms with Gasteiger partial charge in [-0.05, 0) is 36.2 Å². The summed E-state index contributed by atoms with van der Waals surface area (Å²) in [5.74, 6) is 0.462. The number of ether oxygens (including phenoxy) is 1. The average Bonchev–Trinajstić information content (AvgIpc) is 2.47. The van der Waals surface area contributed by atoms with Gasteiger partial charge in [-0.1, -0.05) is 25.1 Å². The van der Waals surface area contributed by atoms with Crippen molar-refractivity contribution in [3.8, 4) is 5.75 Å². The van der Waals surface area contributed by atoms with E-state index in [2.05, 4.69) is 5.32 Å². The summed E-state index contributed by atoms with van der Waals surface area (Å²) >= 11 is 0. The molecule has 0 atom stereocenters. The van der Waals surface area contributed by atoms with Crippen LogP contribution in [0.3, 0.4) is 0 Å². The molecule has 2 aromatic carbocycles. The molecule has 20 heavy (non-hydrogen) atoms. The van der Waals surface area contributed by atoms with E-state index in [1.807, 2.05) is 31.2 Å². The van der Waals surface area contributed by atoms with Gasteiger partial charge in [-0.3, -0.25) is 4.79 Å². The van der Waals surface area contributed by atoms with E-state index < -0.39 is 0 Å². The van der Waals surface area contributed by atoms with E-state index in [4.69, 9.17) is 10.5 Å². The van der Waals surface area contributed by atoms with Gasteiger partial charge < -0.3 is 15.8 Å². The van der Waals surface area contributed by atoms with Gasteiger partial charge >= 0.3 is 0 Å². The molecule has 0 saturated heterocycles. The largest absolute Gasteiger partial charge is 0.495 e. The fourth-order valence-electron chi connectivity index (χ4n) is 2.06. The monoisotopic (exact) mass is 270 g/mol. The maximum Gasteiger partial charge on any atom is 0.255 e. The number of nitrogen functional groups attached to an aromatic ring is 1. The lowest BCUT2D eigenvalue weighted by molar-refractivity contribution is 0.102. The third kappa shape index (κ3) is 2.91. The van der Waals surface area contributed by atoms with E-state index >= 15 is 0 Å². The number of hydrogen-bond donors (Lipinski definition) is 2. The van der Waals surface area contributed by atoms with Crippen molar-refractivity contribution in [2.75, 3.05) is 18.2 Å². The Balaban J connectivity index is 2.21. The molecule has 0 aliphatic heterocycles. The summed E-state index contributed by atoms with van der Waals surface area (Å²) in [5.41, 5.74) is 8.68. The number of nitrogens with one attached hydrogen (secondary N) is 1. The van der Waals surface area contributed by atoms with Crippen molar-refractivity contribution in [2.24, 2.45) is 0 Å². The van der Waals surface area contributed by atoms with E-state index in [1.54, 1.807) is 25.3 Å². The van der Waals surface area contributed by atoms with Crippen LogP contribution in [0.4, 0.5) is 11.4 Å². The second-order valence-electron chi connectivity index (χ2n) is 4.42. The predicted octanol–water partition coefficient (Wildman–Crippen LogP) is 3.09. The average molecular weight is 270 g/mol. The van der Waals surface area contributed by atoms with Crippen LogP contribution in [0.5, 0.6) is 5.75 Å². The van der Waals surface area contributed by atoms with Gasteiger partial charge in [0.05, 0.1) is 12.8 Å². The Labute approximate surface area is 118 Å². The van der Waals surface area contributed by atoms with Crippen LogP contribution in [0.25, 0.3) is 0 Å². The number of amides is 1. The lowest BCUT2D eigenvalue weighted by atomic mass is 10.0. The molecule has 0 unspecified atom stereocenters. The van der Waals surface area contributed by atoms with Crippen molar-refractivity contribution in [3.63, 3.8) is 0 Å². The smallest absolute Gasteiger partial charge is 0.255 e. The Morgan fingerprint density at radius 2 is 2.00 bits per heavy atom. The van der Waals surface area contributed by atoms with Crippen LogP contribution >= 0.6 is 0 Å². The zero-order chi connectivity index (χ0) is 14.5. The van der Waals surface area contributed by atoms with Gasteiger partial charge in [-0.2, -0.15) is 0 Å². The zero-order valence-corrected chi connectivity index (χ0v) is 11.6. The first kappa shape index (κ1) is 13.9. The SMILES string of the molecule is CCc1ccccc1C(=O)Nc1ccc(OC)c(N)c1. The van der Waals surface area contributed by atoms with Gasteiger partial charge in [-0.15, -0.1) is 0 Å². The minimum absolute atomic E-state index is 0.132. The number of anilines is 2. The van der Waals surface area contributed by atoms with Crippen molar-refractivity contribution in [3.05, 3.63) is 53.6 Å². The Kier molecular flexibility index (Phi) is 4.25. The fraction of sp³-hybridized carbons (Fsp3) is 0.188. The topological polar surface area (TPSA) is 64.3 Å². The molecule has 0 spiro atoms. The van der Waals surface area contributed by atoms with Gasteiger partial charge in [0.25, 0.3) is 5.91 Å². The Morgan fingerprint density at radius 3 is 2.65 bits per heavy atom. The molecule has 4 heteroatoms. The molecule has 0 aliphatic rings. The molecule has 0 fully saturated rings. The Morgan fingerprint density at radius 1 is 1.25 bits per heavy atom. The molecule has 0 aromatic heterocycles. The molecule has 4 nitrogen and oxygen atoms in total. The Hall–Kier alpha value is -2.49. The number of benzene rings is 2. The molecule has 0 heterocycles. The molecular weight excluding hydrogens is 252 g/mol. The van der Waals surface area contributed by atoms with E-state index in [1.165, 1.54) is 0 Å². The van der Waals surface area contributed by atoms with E-state index in [9.17, 15) is 4.79 Å². The highest BCUT2D eigenvalue weighted by molar-refractivity contribution is 6.05. The van der Waals surface area contributed by atoms with Crippen LogP contribution in [0.1, 0.15) is 22.8 Å². The first-order valence-corrected chi connectivity index (χ1v) is 6.48. The summed E-state index contributed by atoms with van der Waals surface area (Å²) in [5, 5.41) is 2.85. The third-order valence-electron chi connectivity index (χ3n) is 3.13. The lowest BCUT2D eigenvalue weighted by Crippen LogP contribution is -2.14. The van der Waals surface area contributed by atoms with Crippen molar-refractivity contribution < 1.29 is 9.53 Å². The van der Waals surface area contributed by atoms with Crippen molar-refractivity contribution >= 4 is 17.3 Å². The number of carbonyl (C=O) groups is 1. The van der Waals surface area contributed by atoms with Gasteiger partial charge in [0.1, 0.15) is 5.75 Å². The summed E-state index contributed by atoms with van der Waals surface area (Å²) in [6, 6.07) is 12.7. The normalized spacial score (nSPS) is 10.1. The highest BCUT2D eigenvalue weighted by Gasteiger charge is 2.10. The van der Waals surface area contributed by atoms with Gasteiger partial charge in [0, 0.05) is 11.3 Å². The minimum Gasteiger partial charge on any atom is -0.495 e. The summed E-state index contributed by atoms with van der Waals surface area (Å²) in [7, 11) is 1.56. The fourth-order valence-corrected chi connectivity index (χ4v) is 2.06. The molecule has 0 aliphatic carbocycles. The molecule has 2 aromatic rings. The summed E-state index contributed by atoms with van der Waals surface area (Å²) < 4.78 is 5.09. The van der Waals surface area contributed by atoms with Gasteiger partial charge in [-0.25, -0.2) is 0 Å². The molecule has 0 bridgehead atoms. The quantitative estimate of drug-likeness (QED) is 0.839. The van der Waals surface area contributed by atoms with Crippen LogP contribution in [-0.4, -0.2) is 13.0 Å². The van der Waals surface area contributed by atoms with Crippen LogP contribution in [0, 0.1) is 0 Å². The second kappa shape index (κ2) is 6.10. The summed E-state index contributed by atoms with van der Waals surface area (Å²) in [4.78, 5) is 12.3. The number of methoxy groups -OCH3 is 1. The molecular formula is C16H18N2O2. The first-order chi connectivity index (χ1) is 9.65. The lowest BCUT2D eigenvalue weighted by Gasteiger charge is -2.10. The highest BCUT2D eigenvalue weighted by atomic mass is 16.5. The number of nitrogens with two attached hydrogens (primary N) is 1. The number of aryl methyl sites for hydroxylation is 1. The minimum atomic E-state index is -0.132. The van der Waals surface area contributed by atoms with Crippen molar-refractivity contribution in [1.29, 1.82) is 0 Å². The Bertz CT molecular complexity index is 624. The van der Waals surface area contributed by atoms with Crippen molar-refractivity contribution in [1.82, 2.24) is 0 Å². The maximum absolute atomic E-state index is 12.3. The zero-order valence-electron chi connectivity index (χ0n) is 11.6. The number of hydrogen-bond acceptors (Lipinski definition) is 3. The number of carbonyl (C=O) groups excluding carboxylic acids is 1. The second-order valence-corrected chi connectivity index (χ2v) is 4.42. The molecule has 1 amide bonds. The predicted molar refractivity (Wildman–Crippen MR) is 81.2 cm³/mol. The molecule has 0 saturated carbocycles. The van der Waals surface area contributed by atoms with Gasteiger partial charge in [0.2, 0.25) is 0 Å². The summed E-state index contributed by atoms with van der Waals surface area (Å²) in [6.45, 7) is 2.03. The molecule has 3 N–H and O–H groups in total. The highest BCUT2D eigenvalue weighted by Crippen LogP contribution is 2.25. The van der Waals surface area contributed by atoms with E-state index in [0.717, 1.165) is 12.0 Å². The van der Waals surface area contributed by atoms with E-state index in [-0.39, 0.29) is 5.91 Å². The standard InChI is InChI=1S/C16H18N2O2/c1-3-11-6-4-5-7-13(11)16(19)18-12-8-9-15(20-2)14(17)10-12/h4-10H,3,17H2,1-2H3,(H,18,19). The molecule has 2 rings (SSSR count). The van der Waals surface area contributed by atoms with Crippen LogP contribution in [0.2, 0.25) is 0 Å². The van der Waals surface area contributed by atoms with Gasteiger partial charge in [0.15, 0.2) is 0 Å². The summed E-state index contributed by atoms with van der Waals surface area (Å²) in [6.07, 6.45) is 0.814. The van der Waals surface area contributed by atoms with E-state index in [0.29, 0.717) is 22.7 Å².